The van der Waals surface area contributed by atoms with Crippen LogP contribution in [0.2, 0.25) is 0 Å². The summed E-state index contributed by atoms with van der Waals surface area (Å²) >= 11 is 1.76. The Morgan fingerprint density at radius 2 is 2.11 bits per heavy atom. The summed E-state index contributed by atoms with van der Waals surface area (Å²) in [5.41, 5.74) is 3.78. The standard InChI is InChI=1S/C16H18N2S/c1-11(2)16-17-13(10-19-16)9-18-8-7-14-12(3)5-4-6-15(14)18/h4-8,10-11H,9H2,1-3H3. The van der Waals surface area contributed by atoms with Crippen LogP contribution >= 0.6 is 11.3 Å². The molecule has 0 saturated heterocycles. The average Bonchev–Trinajstić information content (AvgIpc) is 2.98. The van der Waals surface area contributed by atoms with Gasteiger partial charge in [-0.05, 0) is 24.6 Å². The van der Waals surface area contributed by atoms with E-state index in [9.17, 15) is 0 Å². The summed E-state index contributed by atoms with van der Waals surface area (Å²) in [5.74, 6) is 0.516. The second-order valence-corrected chi connectivity index (χ2v) is 6.17. The van der Waals surface area contributed by atoms with E-state index in [4.69, 9.17) is 4.98 Å². The van der Waals surface area contributed by atoms with Gasteiger partial charge < -0.3 is 4.57 Å². The zero-order chi connectivity index (χ0) is 13.4. The van der Waals surface area contributed by atoms with Gasteiger partial charge in [0.15, 0.2) is 0 Å². The summed E-state index contributed by atoms with van der Waals surface area (Å²) in [5, 5.41) is 4.74. The Morgan fingerprint density at radius 3 is 2.84 bits per heavy atom. The highest BCUT2D eigenvalue weighted by Gasteiger charge is 2.08. The van der Waals surface area contributed by atoms with Crippen LogP contribution in [0.4, 0.5) is 0 Å². The first-order chi connectivity index (χ1) is 9.15. The zero-order valence-corrected chi connectivity index (χ0v) is 12.4. The lowest BCUT2D eigenvalue weighted by Crippen LogP contribution is -1.99. The molecule has 0 saturated carbocycles. The number of rotatable bonds is 3. The van der Waals surface area contributed by atoms with Gasteiger partial charge in [0.2, 0.25) is 0 Å². The van der Waals surface area contributed by atoms with Crippen molar-refractivity contribution >= 4 is 22.2 Å². The lowest BCUT2D eigenvalue weighted by Gasteiger charge is -2.04. The highest BCUT2D eigenvalue weighted by Crippen LogP contribution is 2.23. The summed E-state index contributed by atoms with van der Waals surface area (Å²) in [6.45, 7) is 7.40. The van der Waals surface area contributed by atoms with Crippen molar-refractivity contribution in [1.82, 2.24) is 9.55 Å². The molecule has 0 bridgehead atoms. The lowest BCUT2D eigenvalue weighted by molar-refractivity contribution is 0.787. The fourth-order valence-electron chi connectivity index (χ4n) is 2.35. The summed E-state index contributed by atoms with van der Waals surface area (Å²) in [6.07, 6.45) is 2.16. The fourth-order valence-corrected chi connectivity index (χ4v) is 3.18. The van der Waals surface area contributed by atoms with Gasteiger partial charge in [0, 0.05) is 28.4 Å². The SMILES string of the molecule is Cc1cccc2c1ccn2Cc1csc(C(C)C)n1. The summed E-state index contributed by atoms with van der Waals surface area (Å²) in [7, 11) is 0. The molecule has 3 heteroatoms. The molecule has 0 aliphatic heterocycles. The highest BCUT2D eigenvalue weighted by atomic mass is 32.1. The fraction of sp³-hybridized carbons (Fsp3) is 0.312. The van der Waals surface area contributed by atoms with Crippen LogP contribution in [0, 0.1) is 6.92 Å². The third-order valence-electron chi connectivity index (χ3n) is 3.43. The van der Waals surface area contributed by atoms with Crippen LogP contribution in [0.25, 0.3) is 10.9 Å². The maximum atomic E-state index is 4.71. The van der Waals surface area contributed by atoms with Gasteiger partial charge in [-0.3, -0.25) is 0 Å². The van der Waals surface area contributed by atoms with Crippen molar-refractivity contribution in [2.45, 2.75) is 33.2 Å². The van der Waals surface area contributed by atoms with E-state index in [-0.39, 0.29) is 0 Å². The summed E-state index contributed by atoms with van der Waals surface area (Å²) in [6, 6.07) is 8.65. The Hall–Kier alpha value is -1.61. The van der Waals surface area contributed by atoms with Crippen molar-refractivity contribution in [1.29, 1.82) is 0 Å². The monoisotopic (exact) mass is 270 g/mol. The van der Waals surface area contributed by atoms with Crippen LogP contribution in [0.5, 0.6) is 0 Å². The maximum Gasteiger partial charge on any atom is 0.0954 e. The predicted octanol–water partition coefficient (Wildman–Crippen LogP) is 4.58. The van der Waals surface area contributed by atoms with E-state index < -0.39 is 0 Å². The van der Waals surface area contributed by atoms with Crippen LogP contribution in [-0.4, -0.2) is 9.55 Å². The number of hydrogen-bond acceptors (Lipinski definition) is 2. The molecule has 2 nitrogen and oxygen atoms in total. The third-order valence-corrected chi connectivity index (χ3v) is 4.62. The van der Waals surface area contributed by atoms with Crippen molar-refractivity contribution < 1.29 is 0 Å². The van der Waals surface area contributed by atoms with Gasteiger partial charge in [0.1, 0.15) is 0 Å². The van der Waals surface area contributed by atoms with Crippen molar-refractivity contribution in [3.63, 3.8) is 0 Å². The minimum Gasteiger partial charge on any atom is -0.341 e. The molecule has 98 valence electrons. The van der Waals surface area contributed by atoms with Gasteiger partial charge in [0.25, 0.3) is 0 Å². The van der Waals surface area contributed by atoms with E-state index in [1.54, 1.807) is 11.3 Å². The summed E-state index contributed by atoms with van der Waals surface area (Å²) in [4.78, 5) is 4.71. The first-order valence-corrected chi connectivity index (χ1v) is 7.52. The van der Waals surface area contributed by atoms with Crippen LogP contribution in [0.3, 0.4) is 0 Å². The topological polar surface area (TPSA) is 17.8 Å². The predicted molar refractivity (Wildman–Crippen MR) is 82.0 cm³/mol. The first kappa shape index (κ1) is 12.4. The van der Waals surface area contributed by atoms with Gasteiger partial charge in [-0.2, -0.15) is 0 Å². The molecule has 0 aliphatic carbocycles. The number of nitrogens with zero attached hydrogens (tertiary/aromatic N) is 2. The number of aromatic nitrogens is 2. The molecular formula is C16H18N2S. The molecule has 0 N–H and O–H groups in total. The molecule has 0 fully saturated rings. The molecule has 0 radical (unpaired) electrons. The van der Waals surface area contributed by atoms with Gasteiger partial charge in [-0.25, -0.2) is 4.98 Å². The highest BCUT2D eigenvalue weighted by molar-refractivity contribution is 7.09. The molecule has 0 aliphatic rings. The van der Waals surface area contributed by atoms with Crippen LogP contribution in [-0.2, 0) is 6.54 Å². The quantitative estimate of drug-likeness (QED) is 0.681. The van der Waals surface area contributed by atoms with Crippen molar-refractivity contribution in [2.75, 3.05) is 0 Å². The van der Waals surface area contributed by atoms with E-state index in [2.05, 4.69) is 61.2 Å². The molecule has 2 heterocycles. The number of benzene rings is 1. The molecule has 0 amide bonds. The van der Waals surface area contributed by atoms with E-state index in [1.807, 2.05) is 0 Å². The number of aryl methyl sites for hydroxylation is 1. The van der Waals surface area contributed by atoms with Gasteiger partial charge in [0.05, 0.1) is 17.2 Å². The van der Waals surface area contributed by atoms with Crippen LogP contribution in [0.15, 0.2) is 35.8 Å². The molecule has 0 unspecified atom stereocenters. The van der Waals surface area contributed by atoms with Gasteiger partial charge >= 0.3 is 0 Å². The van der Waals surface area contributed by atoms with E-state index >= 15 is 0 Å². The maximum absolute atomic E-state index is 4.71. The Bertz CT molecular complexity index is 706. The zero-order valence-electron chi connectivity index (χ0n) is 11.6. The Labute approximate surface area is 117 Å². The number of hydrogen-bond donors (Lipinski definition) is 0. The average molecular weight is 270 g/mol. The van der Waals surface area contributed by atoms with Crippen molar-refractivity contribution in [3.05, 3.63) is 52.1 Å². The molecule has 3 rings (SSSR count). The van der Waals surface area contributed by atoms with Crippen molar-refractivity contribution in [3.8, 4) is 0 Å². The second kappa shape index (κ2) is 4.82. The molecular weight excluding hydrogens is 252 g/mol. The number of fused-ring (bicyclic) bond motifs is 1. The minimum atomic E-state index is 0.516. The molecule has 0 spiro atoms. The molecule has 2 aromatic heterocycles. The largest absolute Gasteiger partial charge is 0.341 e. The first-order valence-electron chi connectivity index (χ1n) is 6.64. The Balaban J connectivity index is 1.94. The molecule has 1 aromatic carbocycles. The van der Waals surface area contributed by atoms with E-state index in [0.717, 1.165) is 12.2 Å². The van der Waals surface area contributed by atoms with Crippen molar-refractivity contribution in [2.24, 2.45) is 0 Å². The summed E-state index contributed by atoms with van der Waals surface area (Å²) < 4.78 is 2.28. The van der Waals surface area contributed by atoms with Gasteiger partial charge in [-0.1, -0.05) is 26.0 Å². The van der Waals surface area contributed by atoms with Gasteiger partial charge in [-0.15, -0.1) is 11.3 Å². The second-order valence-electron chi connectivity index (χ2n) is 5.28. The Morgan fingerprint density at radius 1 is 1.26 bits per heavy atom. The normalized spacial score (nSPS) is 11.6. The van der Waals surface area contributed by atoms with Crippen LogP contribution < -0.4 is 0 Å². The van der Waals surface area contributed by atoms with E-state index in [0.29, 0.717) is 5.92 Å². The molecule has 0 atom stereocenters. The minimum absolute atomic E-state index is 0.516. The third kappa shape index (κ3) is 2.30. The Kier molecular flexibility index (Phi) is 3.15. The number of thiazole rings is 1. The molecule has 19 heavy (non-hydrogen) atoms. The van der Waals surface area contributed by atoms with Crippen LogP contribution in [0.1, 0.15) is 36.0 Å². The lowest BCUT2D eigenvalue weighted by atomic mass is 10.1. The molecule has 3 aromatic rings. The smallest absolute Gasteiger partial charge is 0.0954 e. The van der Waals surface area contributed by atoms with E-state index in [1.165, 1.54) is 21.5 Å².